The van der Waals surface area contributed by atoms with Crippen LogP contribution in [0.4, 0.5) is 5.69 Å². The highest BCUT2D eigenvalue weighted by atomic mass is 16.5. The first-order chi connectivity index (χ1) is 11.2. The van der Waals surface area contributed by atoms with E-state index >= 15 is 0 Å². The number of anilines is 1. The van der Waals surface area contributed by atoms with E-state index in [2.05, 4.69) is 10.3 Å². The molecule has 23 heavy (non-hydrogen) atoms. The first kappa shape index (κ1) is 13.8. The monoisotopic (exact) mass is 304 g/mol. The van der Waals surface area contributed by atoms with E-state index in [1.807, 2.05) is 55.5 Å². The molecule has 1 atom stereocenters. The largest absolute Gasteiger partial charge is 0.480 e. The normalized spacial score (nSPS) is 16.0. The van der Waals surface area contributed by atoms with Crippen molar-refractivity contribution in [1.29, 1.82) is 0 Å². The zero-order valence-electron chi connectivity index (χ0n) is 12.7. The number of fused-ring (bicyclic) bond motifs is 2. The maximum absolute atomic E-state index is 12.6. The lowest BCUT2D eigenvalue weighted by Gasteiger charge is -2.13. The van der Waals surface area contributed by atoms with E-state index in [0.29, 0.717) is 6.42 Å². The van der Waals surface area contributed by atoms with Gasteiger partial charge in [-0.1, -0.05) is 24.3 Å². The summed E-state index contributed by atoms with van der Waals surface area (Å²) < 4.78 is 5.75. The molecule has 0 saturated carbocycles. The third kappa shape index (κ3) is 2.42. The van der Waals surface area contributed by atoms with Crippen molar-refractivity contribution in [3.8, 4) is 5.75 Å². The highest BCUT2D eigenvalue weighted by Gasteiger charge is 2.29. The average molecular weight is 304 g/mol. The zero-order valence-corrected chi connectivity index (χ0v) is 12.7. The molecule has 0 aliphatic carbocycles. The number of amides is 1. The SMILES string of the molecule is Cc1ccc(NC(=O)[C@@H]2Cc3ccccc3O2)c2cccnc12. The van der Waals surface area contributed by atoms with Crippen LogP contribution in [0.25, 0.3) is 10.9 Å². The molecule has 1 aromatic heterocycles. The van der Waals surface area contributed by atoms with Gasteiger partial charge in [0.25, 0.3) is 5.91 Å². The van der Waals surface area contributed by atoms with Crippen molar-refractivity contribution in [2.75, 3.05) is 5.32 Å². The van der Waals surface area contributed by atoms with Gasteiger partial charge in [0.1, 0.15) is 5.75 Å². The van der Waals surface area contributed by atoms with E-state index in [1.54, 1.807) is 6.20 Å². The minimum Gasteiger partial charge on any atom is -0.480 e. The minimum absolute atomic E-state index is 0.129. The first-order valence-electron chi connectivity index (χ1n) is 7.62. The molecule has 1 aliphatic rings. The average Bonchev–Trinajstić information content (AvgIpc) is 3.02. The van der Waals surface area contributed by atoms with E-state index in [9.17, 15) is 4.79 Å². The Balaban J connectivity index is 1.60. The van der Waals surface area contributed by atoms with Gasteiger partial charge in [-0.2, -0.15) is 0 Å². The van der Waals surface area contributed by atoms with Crippen molar-refractivity contribution in [2.45, 2.75) is 19.4 Å². The van der Waals surface area contributed by atoms with Crippen LogP contribution in [0.5, 0.6) is 5.75 Å². The predicted molar refractivity (Wildman–Crippen MR) is 89.7 cm³/mol. The molecule has 4 heteroatoms. The number of aryl methyl sites for hydroxylation is 1. The van der Waals surface area contributed by atoms with Crippen LogP contribution in [0.15, 0.2) is 54.7 Å². The summed E-state index contributed by atoms with van der Waals surface area (Å²) in [7, 11) is 0. The maximum Gasteiger partial charge on any atom is 0.265 e. The number of hydrogen-bond donors (Lipinski definition) is 1. The Morgan fingerprint density at radius 2 is 2.04 bits per heavy atom. The van der Waals surface area contributed by atoms with Crippen LogP contribution in [0.2, 0.25) is 0 Å². The van der Waals surface area contributed by atoms with Gasteiger partial charge >= 0.3 is 0 Å². The van der Waals surface area contributed by atoms with Gasteiger partial charge in [0.15, 0.2) is 6.10 Å². The fourth-order valence-corrected chi connectivity index (χ4v) is 2.96. The molecule has 0 radical (unpaired) electrons. The molecular formula is C19H16N2O2. The lowest BCUT2D eigenvalue weighted by molar-refractivity contribution is -0.122. The molecule has 2 aromatic carbocycles. The Labute approximate surface area is 134 Å². The van der Waals surface area contributed by atoms with Gasteiger partial charge in [-0.05, 0) is 42.3 Å². The molecule has 1 amide bonds. The predicted octanol–water partition coefficient (Wildman–Crippen LogP) is 3.49. The van der Waals surface area contributed by atoms with Gasteiger partial charge < -0.3 is 10.1 Å². The summed E-state index contributed by atoms with van der Waals surface area (Å²) in [4.78, 5) is 17.0. The molecular weight excluding hydrogens is 288 g/mol. The number of carbonyl (C=O) groups excluding carboxylic acids is 1. The van der Waals surface area contributed by atoms with Crippen LogP contribution in [0.3, 0.4) is 0 Å². The van der Waals surface area contributed by atoms with E-state index < -0.39 is 6.10 Å². The number of pyridine rings is 1. The number of nitrogens with one attached hydrogen (secondary N) is 1. The van der Waals surface area contributed by atoms with Gasteiger partial charge in [0.05, 0.1) is 11.2 Å². The standard InChI is InChI=1S/C19H16N2O2/c1-12-8-9-15(14-6-4-10-20-18(12)14)21-19(22)17-11-13-5-2-3-7-16(13)23-17/h2-10,17H,11H2,1H3,(H,21,22)/t17-/m0/s1. The Bertz CT molecular complexity index is 880. The number of rotatable bonds is 2. The molecule has 0 saturated heterocycles. The second kappa shape index (κ2) is 5.39. The van der Waals surface area contributed by atoms with Crippen molar-refractivity contribution in [3.63, 3.8) is 0 Å². The van der Waals surface area contributed by atoms with E-state index in [1.165, 1.54) is 0 Å². The molecule has 0 fully saturated rings. The van der Waals surface area contributed by atoms with Crippen molar-refractivity contribution < 1.29 is 9.53 Å². The minimum atomic E-state index is -0.486. The molecule has 1 aliphatic heterocycles. The first-order valence-corrected chi connectivity index (χ1v) is 7.62. The van der Waals surface area contributed by atoms with E-state index in [0.717, 1.165) is 33.5 Å². The van der Waals surface area contributed by atoms with Crippen LogP contribution in [-0.2, 0) is 11.2 Å². The number of nitrogens with zero attached hydrogens (tertiary/aromatic N) is 1. The zero-order chi connectivity index (χ0) is 15.8. The lowest BCUT2D eigenvalue weighted by Crippen LogP contribution is -2.31. The lowest BCUT2D eigenvalue weighted by atomic mass is 10.1. The number of carbonyl (C=O) groups is 1. The fourth-order valence-electron chi connectivity index (χ4n) is 2.96. The molecule has 0 unspecified atom stereocenters. The maximum atomic E-state index is 12.6. The summed E-state index contributed by atoms with van der Waals surface area (Å²) in [5.74, 6) is 0.665. The summed E-state index contributed by atoms with van der Waals surface area (Å²) in [5, 5.41) is 3.93. The Kier molecular flexibility index (Phi) is 3.23. The smallest absolute Gasteiger partial charge is 0.265 e. The van der Waals surface area contributed by atoms with Crippen LogP contribution in [-0.4, -0.2) is 17.0 Å². The second-order valence-electron chi connectivity index (χ2n) is 5.74. The summed E-state index contributed by atoms with van der Waals surface area (Å²) >= 11 is 0. The quantitative estimate of drug-likeness (QED) is 0.788. The van der Waals surface area contributed by atoms with Crippen LogP contribution >= 0.6 is 0 Å². The molecule has 0 spiro atoms. The van der Waals surface area contributed by atoms with Gasteiger partial charge in [-0.25, -0.2) is 0 Å². The Morgan fingerprint density at radius 3 is 2.91 bits per heavy atom. The Morgan fingerprint density at radius 1 is 1.17 bits per heavy atom. The molecule has 3 aromatic rings. The molecule has 2 heterocycles. The van der Waals surface area contributed by atoms with E-state index in [4.69, 9.17) is 4.74 Å². The Hall–Kier alpha value is -2.88. The summed E-state index contributed by atoms with van der Waals surface area (Å²) in [5.41, 5.74) is 3.83. The number of benzene rings is 2. The number of ether oxygens (including phenoxy) is 1. The molecule has 1 N–H and O–H groups in total. The molecule has 4 rings (SSSR count). The molecule has 0 bridgehead atoms. The number of aromatic nitrogens is 1. The second-order valence-corrected chi connectivity index (χ2v) is 5.74. The highest BCUT2D eigenvalue weighted by Crippen LogP contribution is 2.30. The number of para-hydroxylation sites is 1. The third-order valence-corrected chi connectivity index (χ3v) is 4.17. The van der Waals surface area contributed by atoms with Crippen molar-refractivity contribution in [2.24, 2.45) is 0 Å². The summed E-state index contributed by atoms with van der Waals surface area (Å²) in [6, 6.07) is 15.5. The number of hydrogen-bond acceptors (Lipinski definition) is 3. The van der Waals surface area contributed by atoms with Gasteiger partial charge in [0.2, 0.25) is 0 Å². The van der Waals surface area contributed by atoms with Crippen LogP contribution in [0, 0.1) is 6.92 Å². The van der Waals surface area contributed by atoms with Gasteiger partial charge in [-0.15, -0.1) is 0 Å². The fraction of sp³-hybridized carbons (Fsp3) is 0.158. The van der Waals surface area contributed by atoms with E-state index in [-0.39, 0.29) is 5.91 Å². The van der Waals surface area contributed by atoms with Crippen molar-refractivity contribution in [3.05, 3.63) is 65.9 Å². The van der Waals surface area contributed by atoms with Crippen LogP contribution in [0.1, 0.15) is 11.1 Å². The van der Waals surface area contributed by atoms with Crippen molar-refractivity contribution >= 4 is 22.5 Å². The third-order valence-electron chi connectivity index (χ3n) is 4.17. The van der Waals surface area contributed by atoms with Crippen LogP contribution < -0.4 is 10.1 Å². The summed E-state index contributed by atoms with van der Waals surface area (Å²) in [6.07, 6.45) is 1.88. The summed E-state index contributed by atoms with van der Waals surface area (Å²) in [6.45, 7) is 2.01. The molecule has 114 valence electrons. The highest BCUT2D eigenvalue weighted by molar-refractivity contribution is 6.03. The molecule has 4 nitrogen and oxygen atoms in total. The van der Waals surface area contributed by atoms with Crippen molar-refractivity contribution in [1.82, 2.24) is 4.98 Å². The topological polar surface area (TPSA) is 51.2 Å². The van der Waals surface area contributed by atoms with Gasteiger partial charge in [-0.3, -0.25) is 9.78 Å². The van der Waals surface area contributed by atoms with Gasteiger partial charge in [0, 0.05) is 18.0 Å².